The van der Waals surface area contributed by atoms with Crippen LogP contribution in [0, 0.1) is 0 Å². The van der Waals surface area contributed by atoms with Gasteiger partial charge in [-0.1, -0.05) is 166 Å². The molecule has 8 aromatic rings. The van der Waals surface area contributed by atoms with Crippen molar-refractivity contribution in [2.45, 2.75) is 19.3 Å². The second-order valence-corrected chi connectivity index (χ2v) is 13.8. The van der Waals surface area contributed by atoms with E-state index in [0.29, 0.717) is 0 Å². The lowest BCUT2D eigenvalue weighted by Crippen LogP contribution is -2.17. The monoisotopic (exact) mass is 639 g/mol. The highest BCUT2D eigenvalue weighted by Crippen LogP contribution is 2.52. The molecule has 0 N–H and O–H groups in total. The Bertz CT molecular complexity index is 2490. The molecule has 1 aliphatic rings. The maximum Gasteiger partial charge on any atom is 0.0546 e. The normalized spacial score (nSPS) is 12.8. The average molecular weight is 640 g/mol. The molecule has 1 aliphatic carbocycles. The number of rotatable bonds is 6. The average Bonchev–Trinajstić information content (AvgIpc) is 3.41. The van der Waals surface area contributed by atoms with E-state index in [4.69, 9.17) is 0 Å². The van der Waals surface area contributed by atoms with Crippen molar-refractivity contribution in [2.24, 2.45) is 0 Å². The van der Waals surface area contributed by atoms with Crippen LogP contribution in [0.25, 0.3) is 55.3 Å². The molecule has 0 radical (unpaired) electrons. The Kier molecular flexibility index (Phi) is 7.21. The van der Waals surface area contributed by atoms with E-state index in [1.165, 1.54) is 66.4 Å². The summed E-state index contributed by atoms with van der Waals surface area (Å²) >= 11 is 0. The molecule has 0 unspecified atom stereocenters. The van der Waals surface area contributed by atoms with Gasteiger partial charge < -0.3 is 4.90 Å². The van der Waals surface area contributed by atoms with Crippen molar-refractivity contribution in [3.63, 3.8) is 0 Å². The van der Waals surface area contributed by atoms with Crippen molar-refractivity contribution in [1.29, 1.82) is 0 Å². The first kappa shape index (κ1) is 29.9. The molecule has 9 rings (SSSR count). The number of hydrogen-bond acceptors (Lipinski definition) is 1. The van der Waals surface area contributed by atoms with Crippen molar-refractivity contribution >= 4 is 27.8 Å². The van der Waals surface area contributed by atoms with Crippen LogP contribution >= 0.6 is 0 Å². The number of fused-ring (bicyclic) bond motifs is 4. The number of nitrogens with zero attached hydrogens (tertiary/aromatic N) is 1. The van der Waals surface area contributed by atoms with Crippen molar-refractivity contribution in [1.82, 2.24) is 0 Å². The van der Waals surface area contributed by atoms with Gasteiger partial charge in [-0.2, -0.15) is 0 Å². The third-order valence-corrected chi connectivity index (χ3v) is 10.5. The number of anilines is 3. The van der Waals surface area contributed by atoms with Crippen LogP contribution in [0.2, 0.25) is 0 Å². The molecule has 1 nitrogen and oxygen atoms in total. The Morgan fingerprint density at radius 2 is 0.960 bits per heavy atom. The summed E-state index contributed by atoms with van der Waals surface area (Å²) in [6.45, 7) is 4.71. The van der Waals surface area contributed by atoms with Gasteiger partial charge in [0.1, 0.15) is 0 Å². The summed E-state index contributed by atoms with van der Waals surface area (Å²) in [4.78, 5) is 2.45. The summed E-state index contributed by atoms with van der Waals surface area (Å²) in [7, 11) is 0. The molecule has 0 fully saturated rings. The van der Waals surface area contributed by atoms with Gasteiger partial charge in [-0.15, -0.1) is 0 Å². The summed E-state index contributed by atoms with van der Waals surface area (Å²) in [5.74, 6) is 0. The Balaban J connectivity index is 1.28. The van der Waals surface area contributed by atoms with E-state index in [1.807, 2.05) is 0 Å². The first-order valence-electron chi connectivity index (χ1n) is 17.4. The fraction of sp³-hybridized carbons (Fsp3) is 0.0612. The van der Waals surface area contributed by atoms with Gasteiger partial charge in [0.05, 0.1) is 5.69 Å². The lowest BCUT2D eigenvalue weighted by atomic mass is 9.82. The summed E-state index contributed by atoms with van der Waals surface area (Å²) in [6, 6.07) is 68.7. The Morgan fingerprint density at radius 1 is 0.360 bits per heavy atom. The molecule has 0 aromatic heterocycles. The fourth-order valence-corrected chi connectivity index (χ4v) is 7.92. The smallest absolute Gasteiger partial charge is 0.0546 e. The third kappa shape index (κ3) is 5.02. The van der Waals surface area contributed by atoms with E-state index in [2.05, 4.69) is 207 Å². The molecule has 0 heterocycles. The predicted molar refractivity (Wildman–Crippen MR) is 213 cm³/mol. The lowest BCUT2D eigenvalue weighted by Gasteiger charge is -2.31. The summed E-state index contributed by atoms with van der Waals surface area (Å²) in [5, 5.41) is 2.48. The van der Waals surface area contributed by atoms with E-state index in [9.17, 15) is 0 Å². The van der Waals surface area contributed by atoms with Crippen LogP contribution in [0.15, 0.2) is 188 Å². The predicted octanol–water partition coefficient (Wildman–Crippen LogP) is 13.6. The second-order valence-electron chi connectivity index (χ2n) is 13.8. The van der Waals surface area contributed by atoms with Crippen LogP contribution in [0.1, 0.15) is 25.0 Å². The molecule has 50 heavy (non-hydrogen) atoms. The van der Waals surface area contributed by atoms with Crippen molar-refractivity contribution in [2.75, 3.05) is 4.90 Å². The molecular weight excluding hydrogens is 603 g/mol. The molecule has 0 bridgehead atoms. The molecular formula is C49H37N. The SMILES string of the molecule is CC1(C)c2ccccc2-c2ccc(N(c3ccccc3)c3cccc(-c4ccc5ccccc5c4)c3-c3ccc(-c4ccccc4)cc3)cc21. The highest BCUT2D eigenvalue weighted by molar-refractivity contribution is 5.99. The van der Waals surface area contributed by atoms with Gasteiger partial charge in [0.2, 0.25) is 0 Å². The standard InChI is InChI=1S/C49H37N/c1-49(2)45-22-12-11-20-43(45)44-31-30-41(33-46(44)49)50(40-18-7-4-8-19-40)47-23-13-21-42(39-29-26-35-16-9-10-17-38(35)32-39)48(47)37-27-24-36(25-28-37)34-14-5-3-6-15-34/h3-33H,1-2H3. The minimum atomic E-state index is -0.104. The van der Waals surface area contributed by atoms with Gasteiger partial charge in [0.15, 0.2) is 0 Å². The zero-order chi connectivity index (χ0) is 33.7. The summed E-state index contributed by atoms with van der Waals surface area (Å²) < 4.78 is 0. The topological polar surface area (TPSA) is 3.24 Å². The molecule has 0 amide bonds. The first-order chi connectivity index (χ1) is 24.6. The minimum Gasteiger partial charge on any atom is -0.310 e. The van der Waals surface area contributed by atoms with Crippen LogP contribution < -0.4 is 4.90 Å². The molecule has 1 heteroatoms. The van der Waals surface area contributed by atoms with Crippen molar-refractivity contribution < 1.29 is 0 Å². The van der Waals surface area contributed by atoms with E-state index >= 15 is 0 Å². The fourth-order valence-electron chi connectivity index (χ4n) is 7.92. The maximum absolute atomic E-state index is 2.45. The highest BCUT2D eigenvalue weighted by Gasteiger charge is 2.36. The Morgan fingerprint density at radius 3 is 1.76 bits per heavy atom. The van der Waals surface area contributed by atoms with E-state index in [-0.39, 0.29) is 5.41 Å². The van der Waals surface area contributed by atoms with Gasteiger partial charge in [-0.25, -0.2) is 0 Å². The Labute approximate surface area is 294 Å². The Hall–Kier alpha value is -6.18. The van der Waals surface area contributed by atoms with Gasteiger partial charge >= 0.3 is 0 Å². The van der Waals surface area contributed by atoms with Crippen LogP contribution in [0.3, 0.4) is 0 Å². The van der Waals surface area contributed by atoms with E-state index in [1.54, 1.807) is 0 Å². The minimum absolute atomic E-state index is 0.104. The van der Waals surface area contributed by atoms with Gasteiger partial charge in [-0.3, -0.25) is 0 Å². The number of benzene rings is 8. The lowest BCUT2D eigenvalue weighted by molar-refractivity contribution is 0.660. The van der Waals surface area contributed by atoms with Crippen molar-refractivity contribution in [3.8, 4) is 44.5 Å². The van der Waals surface area contributed by atoms with Crippen molar-refractivity contribution in [3.05, 3.63) is 199 Å². The molecule has 0 atom stereocenters. The summed E-state index contributed by atoms with van der Waals surface area (Å²) in [6.07, 6.45) is 0. The largest absolute Gasteiger partial charge is 0.310 e. The maximum atomic E-state index is 2.45. The van der Waals surface area contributed by atoms with Gasteiger partial charge in [0, 0.05) is 22.4 Å². The zero-order valence-electron chi connectivity index (χ0n) is 28.3. The van der Waals surface area contributed by atoms with Gasteiger partial charge in [0.25, 0.3) is 0 Å². The molecule has 238 valence electrons. The summed E-state index contributed by atoms with van der Waals surface area (Å²) in [5.41, 5.74) is 15.9. The van der Waals surface area contributed by atoms with Crippen LogP contribution in [-0.4, -0.2) is 0 Å². The molecule has 0 saturated carbocycles. The zero-order valence-corrected chi connectivity index (χ0v) is 28.3. The quantitative estimate of drug-likeness (QED) is 0.175. The third-order valence-electron chi connectivity index (χ3n) is 10.5. The van der Waals surface area contributed by atoms with Crippen LogP contribution in [0.5, 0.6) is 0 Å². The molecule has 8 aromatic carbocycles. The highest BCUT2D eigenvalue weighted by atomic mass is 15.1. The van der Waals surface area contributed by atoms with Gasteiger partial charge in [-0.05, 0) is 97.2 Å². The first-order valence-corrected chi connectivity index (χ1v) is 17.4. The second kappa shape index (κ2) is 12.1. The molecule has 0 saturated heterocycles. The molecule has 0 spiro atoms. The van der Waals surface area contributed by atoms with Crippen LogP contribution in [0.4, 0.5) is 17.1 Å². The van der Waals surface area contributed by atoms with E-state index < -0.39 is 0 Å². The van der Waals surface area contributed by atoms with Crippen LogP contribution in [-0.2, 0) is 5.41 Å². The number of para-hydroxylation sites is 1. The molecule has 0 aliphatic heterocycles. The number of hydrogen-bond donors (Lipinski definition) is 0. The van der Waals surface area contributed by atoms with E-state index in [0.717, 1.165) is 17.1 Å².